The zero-order valence-electron chi connectivity index (χ0n) is 21.5. The standard InChI is InChI=1S/C25H33N5O2.C2HF3O2/c26-24(27)20-6-8-21(9-7-20)28-14-16-29(17-15-28)22-10-12-30(13-11-22)23(25(31)32)18-19-4-2-1-3-5-19;3-2(4,5)1(6)7/h1-9,22-23H,10-18H2,(H3,26,27)(H,31,32);(H,6,7). The summed E-state index contributed by atoms with van der Waals surface area (Å²) >= 11 is 0. The Morgan fingerprint density at radius 3 is 1.92 bits per heavy atom. The number of nitrogens with one attached hydrogen (secondary N) is 1. The van der Waals surface area contributed by atoms with Gasteiger partial charge in [0.1, 0.15) is 11.9 Å². The number of amidine groups is 1. The van der Waals surface area contributed by atoms with Crippen LogP contribution in [0.15, 0.2) is 54.6 Å². The smallest absolute Gasteiger partial charge is 0.480 e. The van der Waals surface area contributed by atoms with E-state index in [9.17, 15) is 23.1 Å². The lowest BCUT2D eigenvalue weighted by Crippen LogP contribution is -2.55. The molecule has 39 heavy (non-hydrogen) atoms. The van der Waals surface area contributed by atoms with Gasteiger partial charge in [0.2, 0.25) is 0 Å². The van der Waals surface area contributed by atoms with Crippen LogP contribution in [0.5, 0.6) is 0 Å². The van der Waals surface area contributed by atoms with Gasteiger partial charge in [0, 0.05) is 56.6 Å². The third kappa shape index (κ3) is 8.69. The van der Waals surface area contributed by atoms with E-state index >= 15 is 0 Å². The fourth-order valence-electron chi connectivity index (χ4n) is 4.97. The van der Waals surface area contributed by atoms with Crippen LogP contribution in [0, 0.1) is 5.41 Å². The summed E-state index contributed by atoms with van der Waals surface area (Å²) in [6, 6.07) is 17.9. The number of carbonyl (C=O) groups is 2. The molecule has 2 aromatic rings. The van der Waals surface area contributed by atoms with E-state index in [2.05, 4.69) is 14.7 Å². The first-order valence-corrected chi connectivity index (χ1v) is 12.7. The maximum absolute atomic E-state index is 11.9. The number of halogens is 3. The van der Waals surface area contributed by atoms with Crippen LogP contribution in [0.1, 0.15) is 24.0 Å². The number of piperazine rings is 1. The number of hydrogen-bond acceptors (Lipinski definition) is 6. The van der Waals surface area contributed by atoms with Gasteiger partial charge in [-0.1, -0.05) is 30.3 Å². The highest BCUT2D eigenvalue weighted by Gasteiger charge is 2.38. The average molecular weight is 550 g/mol. The molecule has 1 unspecified atom stereocenters. The maximum atomic E-state index is 11.9. The number of aliphatic carboxylic acids is 2. The van der Waals surface area contributed by atoms with Gasteiger partial charge < -0.3 is 20.8 Å². The molecule has 2 saturated heterocycles. The van der Waals surface area contributed by atoms with Crippen LogP contribution in [-0.4, -0.2) is 95.3 Å². The zero-order chi connectivity index (χ0) is 28.6. The predicted octanol–water partition coefficient (Wildman–Crippen LogP) is 2.89. The predicted molar refractivity (Wildman–Crippen MR) is 141 cm³/mol. The van der Waals surface area contributed by atoms with Crippen molar-refractivity contribution in [1.29, 1.82) is 5.41 Å². The van der Waals surface area contributed by atoms with Gasteiger partial charge >= 0.3 is 18.1 Å². The zero-order valence-corrected chi connectivity index (χ0v) is 21.5. The van der Waals surface area contributed by atoms with E-state index in [0.29, 0.717) is 12.5 Å². The van der Waals surface area contributed by atoms with Gasteiger partial charge in [0.05, 0.1) is 0 Å². The van der Waals surface area contributed by atoms with Crippen molar-refractivity contribution in [2.75, 3.05) is 44.2 Å². The van der Waals surface area contributed by atoms with E-state index in [1.165, 1.54) is 5.69 Å². The van der Waals surface area contributed by atoms with Crippen molar-refractivity contribution in [3.05, 3.63) is 65.7 Å². The lowest BCUT2D eigenvalue weighted by Gasteiger charge is -2.44. The highest BCUT2D eigenvalue weighted by molar-refractivity contribution is 5.95. The van der Waals surface area contributed by atoms with Crippen molar-refractivity contribution < 1.29 is 33.0 Å². The van der Waals surface area contributed by atoms with Crippen LogP contribution >= 0.6 is 0 Å². The fourth-order valence-corrected chi connectivity index (χ4v) is 4.97. The molecule has 2 aliphatic rings. The van der Waals surface area contributed by atoms with Crippen LogP contribution in [0.25, 0.3) is 0 Å². The summed E-state index contributed by atoms with van der Waals surface area (Å²) in [5, 5.41) is 24.5. The van der Waals surface area contributed by atoms with Gasteiger partial charge in [-0.3, -0.25) is 20.0 Å². The van der Waals surface area contributed by atoms with Crippen molar-refractivity contribution in [3.63, 3.8) is 0 Å². The largest absolute Gasteiger partial charge is 0.490 e. The molecule has 0 aliphatic carbocycles. The van der Waals surface area contributed by atoms with Gasteiger partial charge in [-0.15, -0.1) is 0 Å². The lowest BCUT2D eigenvalue weighted by atomic mass is 9.98. The number of carboxylic acid groups (broad SMARTS) is 2. The molecule has 2 heterocycles. The first-order valence-electron chi connectivity index (χ1n) is 12.7. The molecule has 0 radical (unpaired) electrons. The molecule has 0 aromatic heterocycles. The van der Waals surface area contributed by atoms with Crippen molar-refractivity contribution in [2.24, 2.45) is 5.73 Å². The minimum absolute atomic E-state index is 0.0987. The minimum atomic E-state index is -5.08. The molecule has 1 atom stereocenters. The van der Waals surface area contributed by atoms with Gasteiger partial charge in [-0.05, 0) is 49.1 Å². The monoisotopic (exact) mass is 549 g/mol. The molecule has 5 N–H and O–H groups in total. The fraction of sp³-hybridized carbons (Fsp3) is 0.444. The number of hydrogen-bond donors (Lipinski definition) is 4. The van der Waals surface area contributed by atoms with E-state index in [4.69, 9.17) is 21.0 Å². The van der Waals surface area contributed by atoms with Crippen LogP contribution in [0.2, 0.25) is 0 Å². The Morgan fingerprint density at radius 1 is 0.923 bits per heavy atom. The average Bonchev–Trinajstić information content (AvgIpc) is 2.92. The quantitative estimate of drug-likeness (QED) is 0.306. The summed E-state index contributed by atoms with van der Waals surface area (Å²) in [4.78, 5) is 27.9. The number of nitrogens with zero attached hydrogens (tertiary/aromatic N) is 3. The summed E-state index contributed by atoms with van der Waals surface area (Å²) in [5.74, 6) is -3.38. The molecule has 0 amide bonds. The lowest BCUT2D eigenvalue weighted by molar-refractivity contribution is -0.192. The normalized spacial score (nSPS) is 18.1. The molecular formula is C27H34F3N5O4. The topological polar surface area (TPSA) is 134 Å². The molecule has 2 aliphatic heterocycles. The minimum Gasteiger partial charge on any atom is -0.480 e. The summed E-state index contributed by atoms with van der Waals surface area (Å²) < 4.78 is 31.7. The molecule has 4 rings (SSSR count). The van der Waals surface area contributed by atoms with Crippen LogP contribution < -0.4 is 10.6 Å². The Balaban J connectivity index is 0.000000532. The number of carboxylic acids is 2. The summed E-state index contributed by atoms with van der Waals surface area (Å²) in [7, 11) is 0. The molecule has 2 aromatic carbocycles. The van der Waals surface area contributed by atoms with E-state index in [-0.39, 0.29) is 5.84 Å². The second-order valence-corrected chi connectivity index (χ2v) is 9.60. The number of likely N-dealkylation sites (tertiary alicyclic amines) is 1. The number of benzene rings is 2. The third-order valence-corrected chi connectivity index (χ3v) is 7.11. The van der Waals surface area contributed by atoms with E-state index in [1.807, 2.05) is 54.6 Å². The molecule has 0 saturated carbocycles. The molecule has 212 valence electrons. The summed E-state index contributed by atoms with van der Waals surface area (Å²) in [6.07, 6.45) is -2.49. The number of anilines is 1. The molecule has 0 spiro atoms. The second kappa shape index (κ2) is 13.4. The summed E-state index contributed by atoms with van der Waals surface area (Å²) in [6.45, 7) is 5.66. The van der Waals surface area contributed by atoms with Crippen LogP contribution in [-0.2, 0) is 16.0 Å². The Bertz CT molecular complexity index is 1100. The first kappa shape index (κ1) is 29.9. The van der Waals surface area contributed by atoms with Crippen molar-refractivity contribution in [3.8, 4) is 0 Å². The van der Waals surface area contributed by atoms with E-state index in [0.717, 1.165) is 63.2 Å². The van der Waals surface area contributed by atoms with Crippen molar-refractivity contribution >= 4 is 23.5 Å². The molecule has 2 fully saturated rings. The van der Waals surface area contributed by atoms with Gasteiger partial charge in [-0.25, -0.2) is 4.79 Å². The van der Waals surface area contributed by atoms with Gasteiger partial charge in [0.25, 0.3) is 0 Å². The van der Waals surface area contributed by atoms with Gasteiger partial charge in [0.15, 0.2) is 0 Å². The molecule has 0 bridgehead atoms. The highest BCUT2D eigenvalue weighted by atomic mass is 19.4. The Morgan fingerprint density at radius 2 is 1.46 bits per heavy atom. The Hall–Kier alpha value is -3.64. The molecule has 9 nitrogen and oxygen atoms in total. The first-order chi connectivity index (χ1) is 18.5. The number of nitrogen functional groups attached to an aromatic ring is 1. The Labute approximate surface area is 225 Å². The molecule has 12 heteroatoms. The maximum Gasteiger partial charge on any atom is 0.490 e. The Kier molecular flexibility index (Phi) is 10.3. The number of alkyl halides is 3. The number of nitrogens with two attached hydrogens (primary N) is 1. The van der Waals surface area contributed by atoms with E-state index < -0.39 is 24.2 Å². The SMILES string of the molecule is N=C(N)c1ccc(N2CCN(C3CCN(C(Cc4ccccc4)C(=O)O)CC3)CC2)cc1.O=C(O)C(F)(F)F. The van der Waals surface area contributed by atoms with Crippen molar-refractivity contribution in [2.45, 2.75) is 37.5 Å². The number of piperidine rings is 1. The van der Waals surface area contributed by atoms with Gasteiger partial charge in [-0.2, -0.15) is 13.2 Å². The third-order valence-electron chi connectivity index (χ3n) is 7.11. The molecular weight excluding hydrogens is 515 g/mol. The van der Waals surface area contributed by atoms with Crippen LogP contribution in [0.3, 0.4) is 0 Å². The van der Waals surface area contributed by atoms with Crippen LogP contribution in [0.4, 0.5) is 18.9 Å². The second-order valence-electron chi connectivity index (χ2n) is 9.60. The van der Waals surface area contributed by atoms with Crippen molar-refractivity contribution in [1.82, 2.24) is 9.80 Å². The van der Waals surface area contributed by atoms with E-state index in [1.54, 1.807) is 0 Å². The summed E-state index contributed by atoms with van der Waals surface area (Å²) in [5.41, 5.74) is 8.56. The highest BCUT2D eigenvalue weighted by Crippen LogP contribution is 2.24. The number of rotatable bonds is 7.